The molecule has 0 N–H and O–H groups in total. The first-order valence-electron chi connectivity index (χ1n) is 10.3. The van der Waals surface area contributed by atoms with Crippen LogP contribution in [0.4, 0.5) is 0 Å². The lowest BCUT2D eigenvalue weighted by atomic mass is 10.1. The minimum Gasteiger partial charge on any atom is -0.324 e. The van der Waals surface area contributed by atoms with Crippen molar-refractivity contribution in [2.45, 2.75) is 52.0 Å². The smallest absolute Gasteiger partial charge is 0.324 e. The van der Waals surface area contributed by atoms with E-state index < -0.39 is 17.8 Å². The highest BCUT2D eigenvalue weighted by atomic mass is 16.7. The quantitative estimate of drug-likeness (QED) is 0.602. The van der Waals surface area contributed by atoms with Crippen molar-refractivity contribution in [3.05, 3.63) is 58.4 Å². The maximum atomic E-state index is 13.2. The predicted molar refractivity (Wildman–Crippen MR) is 112 cm³/mol. The number of pyridine rings is 1. The summed E-state index contributed by atoms with van der Waals surface area (Å²) in [6, 6.07) is 8.11. The number of carbonyl (C=O) groups is 3. The van der Waals surface area contributed by atoms with Gasteiger partial charge >= 0.3 is 5.97 Å². The first kappa shape index (κ1) is 19.4. The Morgan fingerprint density at radius 2 is 1.71 bits per heavy atom. The maximum Gasteiger partial charge on any atom is 0.364 e. The Morgan fingerprint density at radius 3 is 2.26 bits per heavy atom. The van der Waals surface area contributed by atoms with Crippen LogP contribution in [0.3, 0.4) is 0 Å². The standard InChI is InChI=1S/C23H22N4O4/c1-12-18-16(11-17(13-9-10-13)24-19(18)27(25-12)23(2,3)4)22(30)31-26-20(28)14-7-5-6-8-15(14)21(26)29/h5-8,11,13H,9-10H2,1-4H3. The van der Waals surface area contributed by atoms with Crippen LogP contribution >= 0.6 is 0 Å². The number of amides is 2. The number of imide groups is 1. The van der Waals surface area contributed by atoms with Crippen LogP contribution in [0.2, 0.25) is 0 Å². The Hall–Kier alpha value is -3.55. The molecule has 3 heterocycles. The first-order valence-corrected chi connectivity index (χ1v) is 10.3. The van der Waals surface area contributed by atoms with Crippen LogP contribution < -0.4 is 0 Å². The van der Waals surface area contributed by atoms with Crippen molar-refractivity contribution < 1.29 is 19.2 Å². The summed E-state index contributed by atoms with van der Waals surface area (Å²) in [5.74, 6) is -1.79. The van der Waals surface area contributed by atoms with Crippen molar-refractivity contribution >= 4 is 28.8 Å². The molecule has 2 amide bonds. The monoisotopic (exact) mass is 418 g/mol. The lowest BCUT2D eigenvalue weighted by molar-refractivity contribution is -0.0583. The Balaban J connectivity index is 1.59. The number of fused-ring (bicyclic) bond motifs is 2. The minimum atomic E-state index is -0.777. The highest BCUT2D eigenvalue weighted by Crippen LogP contribution is 2.41. The summed E-state index contributed by atoms with van der Waals surface area (Å²) in [4.78, 5) is 48.6. The summed E-state index contributed by atoms with van der Waals surface area (Å²) in [5.41, 5.74) is 2.39. The Morgan fingerprint density at radius 1 is 1.10 bits per heavy atom. The van der Waals surface area contributed by atoms with Gasteiger partial charge in [0.25, 0.3) is 11.8 Å². The van der Waals surface area contributed by atoms with Gasteiger partial charge < -0.3 is 4.84 Å². The molecule has 1 aliphatic heterocycles. The van der Waals surface area contributed by atoms with Crippen LogP contribution in [0.5, 0.6) is 0 Å². The zero-order valence-electron chi connectivity index (χ0n) is 17.8. The van der Waals surface area contributed by atoms with Crippen molar-refractivity contribution in [1.82, 2.24) is 19.8 Å². The normalized spacial score (nSPS) is 16.2. The summed E-state index contributed by atoms with van der Waals surface area (Å²) >= 11 is 0. The highest BCUT2D eigenvalue weighted by molar-refractivity contribution is 6.21. The summed E-state index contributed by atoms with van der Waals surface area (Å²) in [5, 5.41) is 5.73. The van der Waals surface area contributed by atoms with Gasteiger partial charge in [0.05, 0.1) is 33.3 Å². The summed E-state index contributed by atoms with van der Waals surface area (Å²) < 4.78 is 1.81. The fraction of sp³-hybridized carbons (Fsp3) is 0.348. The highest BCUT2D eigenvalue weighted by Gasteiger charge is 2.39. The molecule has 2 aromatic heterocycles. The van der Waals surface area contributed by atoms with Crippen LogP contribution in [0, 0.1) is 6.92 Å². The molecule has 3 aromatic rings. The van der Waals surface area contributed by atoms with Gasteiger partial charge in [-0.3, -0.25) is 9.59 Å². The summed E-state index contributed by atoms with van der Waals surface area (Å²) in [6.45, 7) is 7.85. The second-order valence-corrected chi connectivity index (χ2v) is 9.06. The number of benzene rings is 1. The fourth-order valence-electron chi connectivity index (χ4n) is 3.91. The van der Waals surface area contributed by atoms with Crippen molar-refractivity contribution in [2.24, 2.45) is 0 Å². The summed E-state index contributed by atoms with van der Waals surface area (Å²) in [7, 11) is 0. The molecule has 5 rings (SSSR count). The second-order valence-electron chi connectivity index (χ2n) is 9.06. The van der Waals surface area contributed by atoms with Gasteiger partial charge in [-0.25, -0.2) is 14.5 Å². The van der Waals surface area contributed by atoms with E-state index in [1.54, 1.807) is 18.2 Å². The molecular formula is C23H22N4O4. The minimum absolute atomic E-state index is 0.218. The van der Waals surface area contributed by atoms with Gasteiger partial charge in [-0.2, -0.15) is 5.10 Å². The van der Waals surface area contributed by atoms with E-state index in [2.05, 4.69) is 5.10 Å². The maximum absolute atomic E-state index is 13.2. The number of aromatic nitrogens is 3. The molecule has 2 aliphatic rings. The van der Waals surface area contributed by atoms with Crippen LogP contribution in [0.15, 0.2) is 30.3 Å². The Labute approximate surface area is 178 Å². The Bertz CT molecular complexity index is 1250. The molecule has 31 heavy (non-hydrogen) atoms. The van der Waals surface area contributed by atoms with Crippen molar-refractivity contribution in [2.75, 3.05) is 0 Å². The number of aryl methyl sites for hydroxylation is 1. The van der Waals surface area contributed by atoms with Crippen LogP contribution in [-0.2, 0) is 10.4 Å². The number of hydrogen-bond acceptors (Lipinski definition) is 6. The molecule has 1 fully saturated rings. The molecule has 1 saturated carbocycles. The zero-order valence-corrected chi connectivity index (χ0v) is 17.8. The molecule has 8 nitrogen and oxygen atoms in total. The number of hydroxylamine groups is 2. The molecule has 0 spiro atoms. The zero-order chi connectivity index (χ0) is 22.1. The van der Waals surface area contributed by atoms with E-state index in [9.17, 15) is 14.4 Å². The fourth-order valence-corrected chi connectivity index (χ4v) is 3.91. The van der Waals surface area contributed by atoms with E-state index in [0.717, 1.165) is 18.5 Å². The molecule has 1 aromatic carbocycles. The lowest BCUT2D eigenvalue weighted by Crippen LogP contribution is -2.32. The van der Waals surface area contributed by atoms with Gasteiger partial charge in [0.1, 0.15) is 0 Å². The lowest BCUT2D eigenvalue weighted by Gasteiger charge is -2.20. The number of rotatable bonds is 3. The van der Waals surface area contributed by atoms with Crippen LogP contribution in [-0.4, -0.2) is 37.6 Å². The SMILES string of the molecule is Cc1nn(C(C)(C)C)c2nc(C3CC3)cc(C(=O)ON3C(=O)c4ccccc4C3=O)c12. The van der Waals surface area contributed by atoms with Crippen LogP contribution in [0.25, 0.3) is 11.0 Å². The van der Waals surface area contributed by atoms with Gasteiger partial charge in [0.15, 0.2) is 5.65 Å². The topological polar surface area (TPSA) is 94.4 Å². The average Bonchev–Trinajstić information content (AvgIpc) is 3.48. The molecule has 0 radical (unpaired) electrons. The average molecular weight is 418 g/mol. The van der Waals surface area contributed by atoms with E-state index in [0.29, 0.717) is 27.7 Å². The van der Waals surface area contributed by atoms with E-state index in [1.807, 2.05) is 32.4 Å². The van der Waals surface area contributed by atoms with Gasteiger partial charge in [0.2, 0.25) is 0 Å². The van der Waals surface area contributed by atoms with Crippen molar-refractivity contribution in [1.29, 1.82) is 0 Å². The van der Waals surface area contributed by atoms with Gasteiger partial charge in [-0.05, 0) is 58.7 Å². The number of hydrogen-bond donors (Lipinski definition) is 0. The van der Waals surface area contributed by atoms with Gasteiger partial charge in [0, 0.05) is 11.6 Å². The molecule has 158 valence electrons. The number of carbonyl (C=O) groups excluding carboxylic acids is 3. The van der Waals surface area contributed by atoms with E-state index in [1.165, 1.54) is 12.1 Å². The molecule has 1 aliphatic carbocycles. The third-order valence-electron chi connectivity index (χ3n) is 5.61. The Kier molecular flexibility index (Phi) is 4.05. The molecule has 0 bridgehead atoms. The summed E-state index contributed by atoms with van der Waals surface area (Å²) in [6.07, 6.45) is 2.02. The van der Waals surface area contributed by atoms with Gasteiger partial charge in [-0.15, -0.1) is 0 Å². The third kappa shape index (κ3) is 3.01. The second kappa shape index (κ2) is 6.47. The van der Waals surface area contributed by atoms with Crippen molar-refractivity contribution in [3.8, 4) is 0 Å². The largest absolute Gasteiger partial charge is 0.364 e. The van der Waals surface area contributed by atoms with Crippen LogP contribution in [0.1, 0.15) is 82.0 Å². The van der Waals surface area contributed by atoms with Crippen molar-refractivity contribution in [3.63, 3.8) is 0 Å². The predicted octanol–water partition coefficient (Wildman–Crippen LogP) is 3.74. The van der Waals surface area contributed by atoms with E-state index >= 15 is 0 Å². The number of nitrogens with zero attached hydrogens (tertiary/aromatic N) is 4. The third-order valence-corrected chi connectivity index (χ3v) is 5.61. The van der Waals surface area contributed by atoms with E-state index in [-0.39, 0.29) is 22.2 Å². The molecular weight excluding hydrogens is 396 g/mol. The first-order chi connectivity index (χ1) is 14.7. The molecule has 0 atom stereocenters. The van der Waals surface area contributed by atoms with E-state index in [4.69, 9.17) is 9.82 Å². The molecule has 8 heteroatoms. The molecule has 0 unspecified atom stereocenters. The molecule has 0 saturated heterocycles. The van der Waals surface area contributed by atoms with Gasteiger partial charge in [-0.1, -0.05) is 17.2 Å².